The van der Waals surface area contributed by atoms with Gasteiger partial charge in [-0.15, -0.1) is 0 Å². The van der Waals surface area contributed by atoms with Gasteiger partial charge in [-0.2, -0.15) is 0 Å². The molecule has 5 rings (SSSR count). The first-order chi connectivity index (χ1) is 14.5. The lowest BCUT2D eigenvalue weighted by molar-refractivity contribution is 0.174. The standard InChI is InChI=1S/C24H24Cl2N4/c1-17-9-22(4-7-27-17)30-15-24(16-30)5-2-8-29(14-24)23-12-18(3-6-28-23)19-10-20(25)13-21(26)11-19/h3-4,6-7,9-13H,2,5,8,14-16H2,1H3. The molecule has 0 unspecified atom stereocenters. The van der Waals surface area contributed by atoms with Crippen molar-refractivity contribution < 1.29 is 0 Å². The molecule has 0 aliphatic carbocycles. The molecule has 0 saturated carbocycles. The van der Waals surface area contributed by atoms with Crippen LogP contribution in [0.2, 0.25) is 10.0 Å². The lowest BCUT2D eigenvalue weighted by atomic mass is 9.73. The summed E-state index contributed by atoms with van der Waals surface area (Å²) in [6.07, 6.45) is 6.25. The highest BCUT2D eigenvalue weighted by Crippen LogP contribution is 2.42. The molecule has 2 aliphatic heterocycles. The van der Waals surface area contributed by atoms with E-state index in [1.165, 1.54) is 18.5 Å². The van der Waals surface area contributed by atoms with Gasteiger partial charge in [-0.1, -0.05) is 23.2 Å². The molecule has 0 amide bonds. The van der Waals surface area contributed by atoms with Crippen LogP contribution >= 0.6 is 23.2 Å². The van der Waals surface area contributed by atoms with E-state index in [2.05, 4.69) is 38.0 Å². The molecule has 2 fully saturated rings. The van der Waals surface area contributed by atoms with Crippen LogP contribution in [0, 0.1) is 12.3 Å². The fraction of sp³-hybridized carbons (Fsp3) is 0.333. The van der Waals surface area contributed by atoms with E-state index in [9.17, 15) is 0 Å². The van der Waals surface area contributed by atoms with Crippen molar-refractivity contribution >= 4 is 34.7 Å². The number of nitrogens with zero attached hydrogens (tertiary/aromatic N) is 4. The van der Waals surface area contributed by atoms with Crippen molar-refractivity contribution in [1.82, 2.24) is 9.97 Å². The maximum Gasteiger partial charge on any atom is 0.129 e. The Kier molecular flexibility index (Phi) is 5.08. The van der Waals surface area contributed by atoms with Crippen LogP contribution in [-0.2, 0) is 0 Å². The summed E-state index contributed by atoms with van der Waals surface area (Å²) in [5, 5.41) is 1.29. The third-order valence-corrected chi connectivity index (χ3v) is 6.66. The third kappa shape index (κ3) is 3.86. The number of hydrogen-bond donors (Lipinski definition) is 0. The molecule has 2 saturated heterocycles. The minimum Gasteiger partial charge on any atom is -0.370 e. The average molecular weight is 439 g/mol. The molecule has 0 atom stereocenters. The number of halogens is 2. The molecule has 0 radical (unpaired) electrons. The van der Waals surface area contributed by atoms with Crippen LogP contribution in [0.25, 0.3) is 11.1 Å². The van der Waals surface area contributed by atoms with Crippen molar-refractivity contribution in [3.8, 4) is 11.1 Å². The summed E-state index contributed by atoms with van der Waals surface area (Å²) >= 11 is 12.4. The van der Waals surface area contributed by atoms with Crippen LogP contribution in [0.4, 0.5) is 11.5 Å². The van der Waals surface area contributed by atoms with Gasteiger partial charge < -0.3 is 9.80 Å². The second-order valence-corrected chi connectivity index (χ2v) is 9.47. The third-order valence-electron chi connectivity index (χ3n) is 6.22. The van der Waals surface area contributed by atoms with E-state index >= 15 is 0 Å². The summed E-state index contributed by atoms with van der Waals surface area (Å²) in [5.74, 6) is 1.03. The van der Waals surface area contributed by atoms with Crippen LogP contribution in [0.1, 0.15) is 18.5 Å². The monoisotopic (exact) mass is 438 g/mol. The van der Waals surface area contributed by atoms with Gasteiger partial charge in [0.25, 0.3) is 0 Å². The number of pyridine rings is 2. The maximum atomic E-state index is 6.21. The Bertz CT molecular complexity index is 1060. The number of hydrogen-bond acceptors (Lipinski definition) is 4. The van der Waals surface area contributed by atoms with Crippen molar-refractivity contribution in [2.75, 3.05) is 36.0 Å². The topological polar surface area (TPSA) is 32.3 Å². The fourth-order valence-corrected chi connectivity index (χ4v) is 5.35. The first kappa shape index (κ1) is 19.7. The van der Waals surface area contributed by atoms with Gasteiger partial charge in [-0.05, 0) is 73.4 Å². The van der Waals surface area contributed by atoms with E-state index in [1.807, 2.05) is 37.5 Å². The first-order valence-corrected chi connectivity index (χ1v) is 11.1. The Labute approximate surface area is 187 Å². The van der Waals surface area contributed by atoms with E-state index in [0.29, 0.717) is 15.5 Å². The molecule has 4 heterocycles. The molecular formula is C24H24Cl2N4. The van der Waals surface area contributed by atoms with Crippen LogP contribution in [-0.4, -0.2) is 36.1 Å². The molecule has 1 aromatic carbocycles. The van der Waals surface area contributed by atoms with Gasteiger partial charge in [-0.25, -0.2) is 4.98 Å². The Morgan fingerprint density at radius 2 is 1.57 bits per heavy atom. The maximum absolute atomic E-state index is 6.21. The first-order valence-electron chi connectivity index (χ1n) is 10.3. The molecule has 0 bridgehead atoms. The molecule has 154 valence electrons. The van der Waals surface area contributed by atoms with Gasteiger partial charge in [0.15, 0.2) is 0 Å². The molecule has 1 spiro atoms. The van der Waals surface area contributed by atoms with Crippen LogP contribution in [0.15, 0.2) is 54.9 Å². The van der Waals surface area contributed by atoms with Gasteiger partial charge in [0.05, 0.1) is 0 Å². The van der Waals surface area contributed by atoms with E-state index in [-0.39, 0.29) is 0 Å². The second-order valence-electron chi connectivity index (χ2n) is 8.60. The summed E-state index contributed by atoms with van der Waals surface area (Å²) in [6, 6.07) is 14.1. The van der Waals surface area contributed by atoms with Crippen LogP contribution in [0.5, 0.6) is 0 Å². The van der Waals surface area contributed by atoms with Crippen molar-refractivity contribution in [3.63, 3.8) is 0 Å². The average Bonchev–Trinajstić information content (AvgIpc) is 2.71. The Hall–Kier alpha value is -2.30. The minimum atomic E-state index is 0.340. The lowest BCUT2D eigenvalue weighted by Crippen LogP contribution is -2.63. The number of anilines is 2. The predicted molar refractivity (Wildman–Crippen MR) is 125 cm³/mol. The Morgan fingerprint density at radius 3 is 2.33 bits per heavy atom. The Morgan fingerprint density at radius 1 is 0.833 bits per heavy atom. The molecule has 30 heavy (non-hydrogen) atoms. The normalized spacial score (nSPS) is 17.8. The van der Waals surface area contributed by atoms with Crippen molar-refractivity contribution in [2.24, 2.45) is 5.41 Å². The smallest absolute Gasteiger partial charge is 0.129 e. The van der Waals surface area contributed by atoms with Crippen LogP contribution in [0.3, 0.4) is 0 Å². The molecule has 0 N–H and O–H groups in total. The largest absolute Gasteiger partial charge is 0.370 e. The van der Waals surface area contributed by atoms with Crippen molar-refractivity contribution in [3.05, 3.63) is 70.6 Å². The number of aryl methyl sites for hydroxylation is 1. The molecule has 2 aliphatic rings. The Balaban J connectivity index is 1.33. The van der Waals surface area contributed by atoms with Crippen LogP contribution < -0.4 is 9.80 Å². The highest BCUT2D eigenvalue weighted by atomic mass is 35.5. The predicted octanol–water partition coefficient (Wildman–Crippen LogP) is 5.87. The number of benzene rings is 1. The van der Waals surface area contributed by atoms with E-state index in [1.54, 1.807) is 6.07 Å². The van der Waals surface area contributed by atoms with Gasteiger partial charge in [0.1, 0.15) is 5.82 Å². The molecular weight excluding hydrogens is 415 g/mol. The summed E-state index contributed by atoms with van der Waals surface area (Å²) in [4.78, 5) is 13.9. The van der Waals surface area contributed by atoms with Gasteiger partial charge in [0.2, 0.25) is 0 Å². The van der Waals surface area contributed by atoms with E-state index < -0.39 is 0 Å². The van der Waals surface area contributed by atoms with Gasteiger partial charge >= 0.3 is 0 Å². The quantitative estimate of drug-likeness (QED) is 0.511. The number of rotatable bonds is 3. The minimum absolute atomic E-state index is 0.340. The zero-order chi connectivity index (χ0) is 20.7. The summed E-state index contributed by atoms with van der Waals surface area (Å²) < 4.78 is 0. The molecule has 6 heteroatoms. The number of piperidine rings is 1. The fourth-order valence-electron chi connectivity index (χ4n) is 4.83. The lowest BCUT2D eigenvalue weighted by Gasteiger charge is -2.55. The number of aromatic nitrogens is 2. The molecule has 2 aromatic heterocycles. The highest BCUT2D eigenvalue weighted by Gasteiger charge is 2.46. The van der Waals surface area contributed by atoms with Gasteiger partial charge in [-0.3, -0.25) is 4.98 Å². The summed E-state index contributed by atoms with van der Waals surface area (Å²) in [7, 11) is 0. The summed E-state index contributed by atoms with van der Waals surface area (Å²) in [5.41, 5.74) is 4.80. The SMILES string of the molecule is Cc1cc(N2CC3(CCCN(c4cc(-c5cc(Cl)cc(Cl)c5)ccn4)C3)C2)ccn1. The van der Waals surface area contributed by atoms with Gasteiger partial charge in [0, 0.05) is 65.4 Å². The van der Waals surface area contributed by atoms with Crippen molar-refractivity contribution in [1.29, 1.82) is 0 Å². The summed E-state index contributed by atoms with van der Waals surface area (Å²) in [6.45, 7) is 6.32. The van der Waals surface area contributed by atoms with E-state index in [0.717, 1.165) is 48.8 Å². The highest BCUT2D eigenvalue weighted by molar-refractivity contribution is 6.35. The van der Waals surface area contributed by atoms with E-state index in [4.69, 9.17) is 23.2 Å². The molecule has 3 aromatic rings. The van der Waals surface area contributed by atoms with Crippen molar-refractivity contribution in [2.45, 2.75) is 19.8 Å². The zero-order valence-corrected chi connectivity index (χ0v) is 18.5. The molecule has 4 nitrogen and oxygen atoms in total. The zero-order valence-electron chi connectivity index (χ0n) is 17.0. The second kappa shape index (κ2) is 7.75.